The quantitative estimate of drug-likeness (QED) is 0.550. The zero-order valence-corrected chi connectivity index (χ0v) is 23.7. The van der Waals surface area contributed by atoms with Crippen LogP contribution in [-0.4, -0.2) is 67.8 Å². The van der Waals surface area contributed by atoms with Crippen molar-refractivity contribution < 1.29 is 23.1 Å². The van der Waals surface area contributed by atoms with Crippen LogP contribution in [0.3, 0.4) is 0 Å². The highest BCUT2D eigenvalue weighted by Crippen LogP contribution is 2.46. The number of rotatable bonds is 7. The lowest BCUT2D eigenvalue weighted by molar-refractivity contribution is -0.156. The van der Waals surface area contributed by atoms with Gasteiger partial charge in [-0.15, -0.1) is 0 Å². The highest BCUT2D eigenvalue weighted by atomic mass is 35.5. The lowest BCUT2D eigenvalue weighted by Crippen LogP contribution is -2.58. The minimum absolute atomic E-state index is 0.0191. The Labute approximate surface area is 224 Å². The number of piperidine rings is 1. The number of aliphatic hydroxyl groups is 1. The SMILES string of the molecule is CC(NC(=O)c1cccc(S(=O)(=O)N(C)C)c1)[C@@H](C)C(=O)N1CC[C@](O)(c2ccc(Cl)cc2)C(C)(C)C1. The number of nitrogens with zero attached hydrogens (tertiary/aromatic N) is 2. The summed E-state index contributed by atoms with van der Waals surface area (Å²) in [7, 11) is -0.831. The topological polar surface area (TPSA) is 107 Å². The van der Waals surface area contributed by atoms with Gasteiger partial charge in [0.15, 0.2) is 0 Å². The number of carbonyl (C=O) groups excluding carboxylic acids is 2. The Morgan fingerprint density at radius 1 is 1.11 bits per heavy atom. The molecule has 0 radical (unpaired) electrons. The second-order valence-electron chi connectivity index (χ2n) is 10.6. The van der Waals surface area contributed by atoms with E-state index < -0.39 is 38.9 Å². The molecule has 3 atom stereocenters. The predicted octanol–water partition coefficient (Wildman–Crippen LogP) is 3.49. The fraction of sp³-hybridized carbons (Fsp3) is 0.481. The Morgan fingerprint density at radius 3 is 2.30 bits per heavy atom. The molecule has 1 saturated heterocycles. The Kier molecular flexibility index (Phi) is 8.44. The fourth-order valence-electron chi connectivity index (χ4n) is 4.70. The molecule has 10 heteroatoms. The van der Waals surface area contributed by atoms with E-state index in [-0.39, 0.29) is 16.4 Å². The normalized spacial score (nSPS) is 21.4. The molecule has 1 aliphatic heterocycles. The van der Waals surface area contributed by atoms with Gasteiger partial charge in [-0.2, -0.15) is 0 Å². The number of carbonyl (C=O) groups is 2. The van der Waals surface area contributed by atoms with Crippen LogP contribution in [0.15, 0.2) is 53.4 Å². The van der Waals surface area contributed by atoms with Crippen LogP contribution in [0.2, 0.25) is 5.02 Å². The van der Waals surface area contributed by atoms with Gasteiger partial charge in [-0.3, -0.25) is 9.59 Å². The fourth-order valence-corrected chi connectivity index (χ4v) is 5.77. The van der Waals surface area contributed by atoms with Gasteiger partial charge in [0, 0.05) is 49.2 Å². The van der Waals surface area contributed by atoms with Gasteiger partial charge in [0.1, 0.15) is 0 Å². The second kappa shape index (κ2) is 10.7. The summed E-state index contributed by atoms with van der Waals surface area (Å²) in [5.41, 5.74) is -0.781. The molecule has 37 heavy (non-hydrogen) atoms. The molecule has 8 nitrogen and oxygen atoms in total. The van der Waals surface area contributed by atoms with Crippen LogP contribution in [0, 0.1) is 11.3 Å². The van der Waals surface area contributed by atoms with E-state index in [4.69, 9.17) is 11.6 Å². The van der Waals surface area contributed by atoms with Gasteiger partial charge in [0.05, 0.1) is 16.4 Å². The maximum atomic E-state index is 13.4. The van der Waals surface area contributed by atoms with Crippen LogP contribution in [0.5, 0.6) is 0 Å². The molecule has 0 aliphatic carbocycles. The molecular weight excluding hydrogens is 514 g/mol. The summed E-state index contributed by atoms with van der Waals surface area (Å²) in [4.78, 5) is 28.0. The summed E-state index contributed by atoms with van der Waals surface area (Å²) in [6.45, 7) is 8.10. The number of halogens is 1. The average molecular weight is 550 g/mol. The van der Waals surface area contributed by atoms with Crippen molar-refractivity contribution in [3.8, 4) is 0 Å². The van der Waals surface area contributed by atoms with E-state index in [0.29, 0.717) is 24.5 Å². The van der Waals surface area contributed by atoms with E-state index in [1.54, 1.807) is 30.9 Å². The van der Waals surface area contributed by atoms with E-state index in [2.05, 4.69) is 5.32 Å². The van der Waals surface area contributed by atoms with Gasteiger partial charge in [-0.05, 0) is 49.2 Å². The second-order valence-corrected chi connectivity index (χ2v) is 13.2. The molecule has 1 unspecified atom stereocenters. The highest BCUT2D eigenvalue weighted by molar-refractivity contribution is 7.89. The maximum Gasteiger partial charge on any atom is 0.251 e. The first kappa shape index (κ1) is 29.1. The van der Waals surface area contributed by atoms with Crippen molar-refractivity contribution in [1.82, 2.24) is 14.5 Å². The van der Waals surface area contributed by atoms with Crippen LogP contribution < -0.4 is 5.32 Å². The van der Waals surface area contributed by atoms with Crippen molar-refractivity contribution in [3.63, 3.8) is 0 Å². The third-order valence-corrected chi connectivity index (χ3v) is 9.52. The van der Waals surface area contributed by atoms with Crippen LogP contribution >= 0.6 is 11.6 Å². The first-order valence-corrected chi connectivity index (χ1v) is 14.0. The van der Waals surface area contributed by atoms with Gasteiger partial charge in [-0.1, -0.05) is 50.6 Å². The number of hydrogen-bond donors (Lipinski definition) is 2. The van der Waals surface area contributed by atoms with Crippen molar-refractivity contribution in [2.24, 2.45) is 11.3 Å². The molecule has 3 rings (SSSR count). The Hall–Kier alpha value is -2.46. The van der Waals surface area contributed by atoms with Crippen LogP contribution in [0.1, 0.15) is 50.0 Å². The summed E-state index contributed by atoms with van der Waals surface area (Å²) in [5, 5.41) is 15.0. The van der Waals surface area contributed by atoms with Crippen molar-refractivity contribution in [1.29, 1.82) is 0 Å². The molecule has 0 aromatic heterocycles. The molecule has 0 spiro atoms. The van der Waals surface area contributed by atoms with Crippen molar-refractivity contribution in [2.75, 3.05) is 27.2 Å². The minimum Gasteiger partial charge on any atom is -0.384 e. The van der Waals surface area contributed by atoms with Crippen molar-refractivity contribution in [3.05, 3.63) is 64.7 Å². The molecule has 2 aromatic carbocycles. The maximum absolute atomic E-state index is 13.4. The number of amides is 2. The Morgan fingerprint density at radius 2 is 1.73 bits per heavy atom. The zero-order valence-electron chi connectivity index (χ0n) is 22.2. The Balaban J connectivity index is 1.69. The zero-order chi connectivity index (χ0) is 27.8. The number of benzene rings is 2. The van der Waals surface area contributed by atoms with E-state index >= 15 is 0 Å². The summed E-state index contributed by atoms with van der Waals surface area (Å²) >= 11 is 6.02. The van der Waals surface area contributed by atoms with Crippen LogP contribution in [0.4, 0.5) is 0 Å². The smallest absolute Gasteiger partial charge is 0.251 e. The predicted molar refractivity (Wildman–Crippen MR) is 144 cm³/mol. The summed E-state index contributed by atoms with van der Waals surface area (Å²) in [6.07, 6.45) is 0.369. The molecule has 2 amide bonds. The first-order chi connectivity index (χ1) is 17.1. The minimum atomic E-state index is -3.68. The van der Waals surface area contributed by atoms with E-state index in [1.165, 1.54) is 38.4 Å². The van der Waals surface area contributed by atoms with Crippen molar-refractivity contribution in [2.45, 2.75) is 50.7 Å². The molecular formula is C27H36ClN3O5S. The average Bonchev–Trinajstić information content (AvgIpc) is 2.85. The summed E-state index contributed by atoms with van der Waals surface area (Å²) in [6, 6.07) is 12.5. The highest BCUT2D eigenvalue weighted by Gasteiger charge is 2.50. The molecule has 0 saturated carbocycles. The van der Waals surface area contributed by atoms with Gasteiger partial charge >= 0.3 is 0 Å². The molecule has 202 valence electrons. The Bertz CT molecular complexity index is 1260. The number of nitrogens with one attached hydrogen (secondary N) is 1. The molecule has 2 aromatic rings. The monoisotopic (exact) mass is 549 g/mol. The number of hydrogen-bond acceptors (Lipinski definition) is 5. The first-order valence-electron chi connectivity index (χ1n) is 12.2. The third kappa shape index (κ3) is 5.85. The molecule has 2 N–H and O–H groups in total. The van der Waals surface area contributed by atoms with E-state index in [1.807, 2.05) is 26.0 Å². The lowest BCUT2D eigenvalue weighted by atomic mass is 9.66. The summed E-state index contributed by atoms with van der Waals surface area (Å²) < 4.78 is 25.9. The van der Waals surface area contributed by atoms with Crippen molar-refractivity contribution >= 4 is 33.4 Å². The van der Waals surface area contributed by atoms with Gasteiger partial charge in [0.25, 0.3) is 5.91 Å². The summed E-state index contributed by atoms with van der Waals surface area (Å²) in [5.74, 6) is -1.11. The largest absolute Gasteiger partial charge is 0.384 e. The number of sulfonamides is 1. The van der Waals surface area contributed by atoms with E-state index in [0.717, 1.165) is 9.87 Å². The lowest BCUT2D eigenvalue weighted by Gasteiger charge is -2.51. The molecule has 1 aliphatic rings. The van der Waals surface area contributed by atoms with Gasteiger partial charge < -0.3 is 15.3 Å². The molecule has 1 heterocycles. The standard InChI is InChI=1S/C27H36ClN3O5S/c1-18(19(2)29-24(32)20-8-7-9-23(16-20)37(35,36)30(5)6)25(33)31-15-14-27(34,26(3,4)17-31)21-10-12-22(28)13-11-21/h7-13,16,18-19,34H,14-15,17H2,1-6H3,(H,29,32)/t18-,19?,27+/m1/s1. The van der Waals surface area contributed by atoms with E-state index in [9.17, 15) is 23.1 Å². The molecule has 1 fully saturated rings. The van der Waals surface area contributed by atoms with Crippen LogP contribution in [-0.2, 0) is 20.4 Å². The third-order valence-electron chi connectivity index (χ3n) is 7.46. The molecule has 0 bridgehead atoms. The number of likely N-dealkylation sites (tertiary alicyclic amines) is 1. The van der Waals surface area contributed by atoms with Gasteiger partial charge in [0.2, 0.25) is 15.9 Å². The van der Waals surface area contributed by atoms with Gasteiger partial charge in [-0.25, -0.2) is 12.7 Å². The van der Waals surface area contributed by atoms with Crippen LogP contribution in [0.25, 0.3) is 0 Å².